The largest absolute Gasteiger partial charge is 0.456 e. The van der Waals surface area contributed by atoms with Crippen LogP contribution in [-0.2, 0) is 0 Å². The van der Waals surface area contributed by atoms with Crippen LogP contribution in [-0.4, -0.2) is 19.5 Å². The maximum atomic E-state index is 6.75. The van der Waals surface area contributed by atoms with Crippen LogP contribution >= 0.6 is 0 Å². The number of benzene rings is 7. The van der Waals surface area contributed by atoms with E-state index in [9.17, 15) is 0 Å². The summed E-state index contributed by atoms with van der Waals surface area (Å²) in [5.41, 5.74) is 9.04. The fourth-order valence-corrected chi connectivity index (χ4v) is 7.58. The lowest BCUT2D eigenvalue weighted by Crippen LogP contribution is -2.00. The monoisotopic (exact) mass is 654 g/mol. The van der Waals surface area contributed by atoms with Crippen molar-refractivity contribution in [3.63, 3.8) is 0 Å². The van der Waals surface area contributed by atoms with Crippen molar-refractivity contribution in [1.29, 1.82) is 0 Å². The summed E-state index contributed by atoms with van der Waals surface area (Å²) in [6.07, 6.45) is 0. The number of para-hydroxylation sites is 4. The molecule has 238 valence electrons. The van der Waals surface area contributed by atoms with Crippen LogP contribution in [0.4, 0.5) is 0 Å². The van der Waals surface area contributed by atoms with Crippen molar-refractivity contribution in [2.24, 2.45) is 0 Å². The van der Waals surface area contributed by atoms with E-state index in [0.29, 0.717) is 17.5 Å². The fourth-order valence-electron chi connectivity index (χ4n) is 7.58. The lowest BCUT2D eigenvalue weighted by Gasteiger charge is -2.10. The molecule has 6 heteroatoms. The van der Waals surface area contributed by atoms with Gasteiger partial charge in [0.15, 0.2) is 17.5 Å². The molecule has 0 aliphatic heterocycles. The van der Waals surface area contributed by atoms with E-state index in [4.69, 9.17) is 23.8 Å². The molecular formula is C45H26N4O2. The molecule has 4 aromatic heterocycles. The van der Waals surface area contributed by atoms with Crippen LogP contribution in [0.1, 0.15) is 0 Å². The first kappa shape index (κ1) is 27.9. The summed E-state index contributed by atoms with van der Waals surface area (Å²) in [5, 5.41) is 6.59. The van der Waals surface area contributed by atoms with Crippen molar-refractivity contribution < 1.29 is 8.83 Å². The first-order chi connectivity index (χ1) is 25.3. The van der Waals surface area contributed by atoms with E-state index in [2.05, 4.69) is 95.6 Å². The van der Waals surface area contributed by atoms with E-state index in [1.165, 1.54) is 10.8 Å². The van der Waals surface area contributed by atoms with Gasteiger partial charge in [-0.2, -0.15) is 0 Å². The Morgan fingerprint density at radius 3 is 1.80 bits per heavy atom. The summed E-state index contributed by atoms with van der Waals surface area (Å²) >= 11 is 0. The molecule has 0 N–H and O–H groups in total. The molecule has 4 heterocycles. The molecule has 0 bridgehead atoms. The zero-order chi connectivity index (χ0) is 33.5. The molecule has 11 rings (SSSR count). The Hall–Kier alpha value is -7.05. The lowest BCUT2D eigenvalue weighted by molar-refractivity contribution is 0.668. The highest BCUT2D eigenvalue weighted by Crippen LogP contribution is 2.41. The SMILES string of the molecule is c1ccc(-c2nc(-c3ccc4c(c3)oc3ccccc34)nc(-c3cccc4c3oc3cccc(-n5c6ccccc6c6ccccc65)c34)n2)cc1. The second-order valence-electron chi connectivity index (χ2n) is 12.8. The van der Waals surface area contributed by atoms with Crippen LogP contribution in [0.25, 0.3) is 106 Å². The minimum atomic E-state index is 0.534. The van der Waals surface area contributed by atoms with Crippen LogP contribution in [0.5, 0.6) is 0 Å². The maximum Gasteiger partial charge on any atom is 0.167 e. The van der Waals surface area contributed by atoms with Gasteiger partial charge in [-0.3, -0.25) is 0 Å². The molecule has 0 aliphatic carbocycles. The molecule has 0 atom stereocenters. The number of rotatable bonds is 4. The smallest absolute Gasteiger partial charge is 0.167 e. The standard InChI is InChI=1S/C45H26N4O2/c1-2-12-27(13-3-1)43-46-44(28-24-25-32-31-16-6-9-22-38(31)50-40(32)26-28)48-45(47-43)34-18-10-17-33-41-37(21-11-23-39(41)51-42(33)34)49-35-19-7-4-14-29(35)30-15-5-8-20-36(30)49/h1-26H. The second-order valence-corrected chi connectivity index (χ2v) is 12.8. The molecule has 0 radical (unpaired) electrons. The molecule has 0 aliphatic rings. The van der Waals surface area contributed by atoms with Crippen LogP contribution in [0.2, 0.25) is 0 Å². The van der Waals surface area contributed by atoms with Gasteiger partial charge >= 0.3 is 0 Å². The minimum Gasteiger partial charge on any atom is -0.456 e. The molecule has 6 nitrogen and oxygen atoms in total. The van der Waals surface area contributed by atoms with E-state index in [1.54, 1.807) is 0 Å². The summed E-state index contributed by atoms with van der Waals surface area (Å²) < 4.78 is 15.3. The Morgan fingerprint density at radius 2 is 1.00 bits per heavy atom. The van der Waals surface area contributed by atoms with Crippen molar-refractivity contribution in [2.45, 2.75) is 0 Å². The third kappa shape index (κ3) is 4.20. The van der Waals surface area contributed by atoms with Crippen molar-refractivity contribution in [2.75, 3.05) is 0 Å². The van der Waals surface area contributed by atoms with Crippen LogP contribution < -0.4 is 0 Å². The van der Waals surface area contributed by atoms with Gasteiger partial charge in [0.2, 0.25) is 0 Å². The van der Waals surface area contributed by atoms with Crippen LogP contribution in [0, 0.1) is 0 Å². The number of fused-ring (bicyclic) bond motifs is 9. The molecule has 0 saturated heterocycles. The highest BCUT2D eigenvalue weighted by atomic mass is 16.3. The normalized spacial score (nSPS) is 11.9. The van der Waals surface area contributed by atoms with Gasteiger partial charge in [0.25, 0.3) is 0 Å². The lowest BCUT2D eigenvalue weighted by atomic mass is 10.1. The maximum absolute atomic E-state index is 6.75. The van der Waals surface area contributed by atoms with Gasteiger partial charge in [0, 0.05) is 38.1 Å². The molecule has 0 saturated carbocycles. The third-order valence-corrected chi connectivity index (χ3v) is 9.87. The zero-order valence-corrected chi connectivity index (χ0v) is 27.1. The van der Waals surface area contributed by atoms with Gasteiger partial charge in [-0.1, -0.05) is 109 Å². The van der Waals surface area contributed by atoms with Gasteiger partial charge in [0.05, 0.1) is 27.7 Å². The van der Waals surface area contributed by atoms with Gasteiger partial charge in [-0.05, 0) is 48.5 Å². The fraction of sp³-hybridized carbons (Fsp3) is 0. The van der Waals surface area contributed by atoms with Crippen molar-refractivity contribution in [3.05, 3.63) is 158 Å². The van der Waals surface area contributed by atoms with E-state index in [0.717, 1.165) is 77.3 Å². The Bertz CT molecular complexity index is 3100. The molecule has 0 fully saturated rings. The molecule has 7 aromatic carbocycles. The first-order valence-corrected chi connectivity index (χ1v) is 16.9. The predicted octanol–water partition coefficient (Wildman–Crippen LogP) is 11.8. The minimum absolute atomic E-state index is 0.534. The molecule has 0 spiro atoms. The van der Waals surface area contributed by atoms with Gasteiger partial charge in [-0.15, -0.1) is 0 Å². The van der Waals surface area contributed by atoms with Gasteiger partial charge < -0.3 is 13.4 Å². The Labute approximate surface area is 290 Å². The summed E-state index contributed by atoms with van der Waals surface area (Å²) in [4.78, 5) is 15.2. The van der Waals surface area contributed by atoms with Crippen molar-refractivity contribution in [1.82, 2.24) is 19.5 Å². The zero-order valence-electron chi connectivity index (χ0n) is 27.1. The molecule has 11 aromatic rings. The molecule has 0 amide bonds. The van der Waals surface area contributed by atoms with Gasteiger partial charge in [0.1, 0.15) is 22.3 Å². The highest BCUT2D eigenvalue weighted by Gasteiger charge is 2.21. The van der Waals surface area contributed by atoms with Crippen molar-refractivity contribution in [3.8, 4) is 39.9 Å². The quantitative estimate of drug-likeness (QED) is 0.189. The summed E-state index contributed by atoms with van der Waals surface area (Å²) in [5.74, 6) is 1.67. The summed E-state index contributed by atoms with van der Waals surface area (Å²) in [7, 11) is 0. The molecular weight excluding hydrogens is 629 g/mol. The molecule has 0 unspecified atom stereocenters. The Morgan fingerprint density at radius 1 is 0.392 bits per heavy atom. The topological polar surface area (TPSA) is 69.9 Å². The predicted molar refractivity (Wildman–Crippen MR) is 205 cm³/mol. The average Bonchev–Trinajstić information content (AvgIpc) is 3.87. The number of hydrogen-bond donors (Lipinski definition) is 0. The number of hydrogen-bond acceptors (Lipinski definition) is 5. The van der Waals surface area contributed by atoms with E-state index >= 15 is 0 Å². The van der Waals surface area contributed by atoms with E-state index in [1.807, 2.05) is 66.7 Å². The number of aromatic nitrogens is 4. The average molecular weight is 655 g/mol. The van der Waals surface area contributed by atoms with E-state index < -0.39 is 0 Å². The first-order valence-electron chi connectivity index (χ1n) is 16.9. The van der Waals surface area contributed by atoms with Gasteiger partial charge in [-0.25, -0.2) is 15.0 Å². The number of furan rings is 2. The third-order valence-electron chi connectivity index (χ3n) is 9.87. The Kier molecular flexibility index (Phi) is 5.86. The van der Waals surface area contributed by atoms with Crippen molar-refractivity contribution >= 4 is 65.7 Å². The highest BCUT2D eigenvalue weighted by molar-refractivity contribution is 6.16. The van der Waals surface area contributed by atoms with E-state index in [-0.39, 0.29) is 0 Å². The molecule has 51 heavy (non-hydrogen) atoms. The number of nitrogens with zero attached hydrogens (tertiary/aromatic N) is 4. The summed E-state index contributed by atoms with van der Waals surface area (Å²) in [6, 6.07) is 53.9. The van der Waals surface area contributed by atoms with Crippen LogP contribution in [0.15, 0.2) is 167 Å². The Balaban J connectivity index is 1.15. The van der Waals surface area contributed by atoms with Crippen LogP contribution in [0.3, 0.4) is 0 Å². The summed E-state index contributed by atoms with van der Waals surface area (Å²) in [6.45, 7) is 0. The second kappa shape index (κ2) is 10.7.